The number of anilines is 1. The van der Waals surface area contributed by atoms with E-state index in [1.54, 1.807) is 24.3 Å². The number of pyridine rings is 1. The quantitative estimate of drug-likeness (QED) is 0.149. The van der Waals surface area contributed by atoms with Crippen molar-refractivity contribution in [1.29, 1.82) is 0 Å². The fourth-order valence-electron chi connectivity index (χ4n) is 6.78. The average molecular weight is 621 g/mol. The number of esters is 1. The van der Waals surface area contributed by atoms with Crippen LogP contribution >= 0.6 is 0 Å². The summed E-state index contributed by atoms with van der Waals surface area (Å²) in [4.78, 5) is 43.7. The molecule has 2 aliphatic carbocycles. The van der Waals surface area contributed by atoms with Gasteiger partial charge in [-0.15, -0.1) is 0 Å². The molecule has 46 heavy (non-hydrogen) atoms. The topological polar surface area (TPSA) is 112 Å². The van der Waals surface area contributed by atoms with Crippen LogP contribution in [0.1, 0.15) is 79.3 Å². The normalized spacial score (nSPS) is 15.9. The molecule has 2 N–H and O–H groups in total. The number of carbonyl (C=O) groups excluding carboxylic acids is 3. The number of hydrogen-bond acceptors (Lipinski definition) is 6. The van der Waals surface area contributed by atoms with Gasteiger partial charge < -0.3 is 24.7 Å². The van der Waals surface area contributed by atoms with E-state index in [9.17, 15) is 14.4 Å². The summed E-state index contributed by atoms with van der Waals surface area (Å²) in [5.41, 5.74) is 5.04. The molecule has 2 aromatic heterocycles. The van der Waals surface area contributed by atoms with Gasteiger partial charge in [0, 0.05) is 53.1 Å². The molecule has 2 amide bonds. The minimum absolute atomic E-state index is 0.270. The van der Waals surface area contributed by atoms with Crippen LogP contribution in [0.4, 0.5) is 5.69 Å². The van der Waals surface area contributed by atoms with Crippen LogP contribution in [-0.2, 0) is 21.4 Å². The number of benzene rings is 2. The standard InChI is InChI=1S/C37H40N4O5/c1-4-46-31-23-27(16-13-24(31)15-18-32(42)45-3)39-36(44)37(19-9-20-37)40-35(43)26-14-17-28-30(22-26)41(2)34(29-12-7-8-21-38-29)33(28)25-10-5-6-11-25/h7-8,12-18,21-23,25H,4-6,9-11,19-20H2,1-3H3,(H,39,44)(H,40,43)/b18-15+. The van der Waals surface area contributed by atoms with E-state index in [0.29, 0.717) is 47.9 Å². The molecule has 2 aromatic carbocycles. The van der Waals surface area contributed by atoms with Crippen LogP contribution in [0.25, 0.3) is 28.4 Å². The maximum Gasteiger partial charge on any atom is 0.330 e. The summed E-state index contributed by atoms with van der Waals surface area (Å²) in [6.07, 6.45) is 11.4. The number of aromatic nitrogens is 2. The van der Waals surface area contributed by atoms with Crippen LogP contribution in [0, 0.1) is 0 Å². The third-order valence-corrected chi connectivity index (χ3v) is 9.34. The Balaban J connectivity index is 1.25. The largest absolute Gasteiger partial charge is 0.493 e. The van der Waals surface area contributed by atoms with Gasteiger partial charge in [0.1, 0.15) is 11.3 Å². The van der Waals surface area contributed by atoms with E-state index in [-0.39, 0.29) is 11.8 Å². The van der Waals surface area contributed by atoms with E-state index < -0.39 is 11.5 Å². The van der Waals surface area contributed by atoms with Crippen molar-refractivity contribution in [2.45, 2.75) is 63.3 Å². The molecule has 2 saturated carbocycles. The molecular formula is C37H40N4O5. The third kappa shape index (κ3) is 6.01. The van der Waals surface area contributed by atoms with Crippen LogP contribution in [0.5, 0.6) is 5.75 Å². The number of aryl methyl sites for hydroxylation is 1. The molecular weight excluding hydrogens is 580 g/mol. The maximum atomic E-state index is 13.7. The summed E-state index contributed by atoms with van der Waals surface area (Å²) in [6.45, 7) is 2.27. The number of rotatable bonds is 10. The first-order valence-electron chi connectivity index (χ1n) is 16.0. The van der Waals surface area contributed by atoms with E-state index >= 15 is 0 Å². The molecule has 6 rings (SSSR count). The van der Waals surface area contributed by atoms with Crippen molar-refractivity contribution in [3.05, 3.63) is 83.6 Å². The van der Waals surface area contributed by atoms with Crippen LogP contribution in [0.2, 0.25) is 0 Å². The fraction of sp³-hybridized carbons (Fsp3) is 0.351. The highest BCUT2D eigenvalue weighted by Gasteiger charge is 2.45. The zero-order valence-electron chi connectivity index (χ0n) is 26.6. The number of fused-ring (bicyclic) bond motifs is 1. The van der Waals surface area contributed by atoms with Gasteiger partial charge in [0.25, 0.3) is 5.91 Å². The van der Waals surface area contributed by atoms with Gasteiger partial charge >= 0.3 is 5.97 Å². The SMILES string of the molecule is CCOc1cc(NC(=O)C2(NC(=O)c3ccc4c(C5CCCC5)c(-c5ccccn5)n(C)c4c3)CCC2)ccc1/C=C/C(=O)OC. The lowest BCUT2D eigenvalue weighted by atomic mass is 9.75. The summed E-state index contributed by atoms with van der Waals surface area (Å²) in [5.74, 6) is -0.0448. The second-order valence-corrected chi connectivity index (χ2v) is 12.1. The number of nitrogens with one attached hydrogen (secondary N) is 2. The minimum Gasteiger partial charge on any atom is -0.493 e. The molecule has 0 atom stereocenters. The molecule has 2 aliphatic rings. The van der Waals surface area contributed by atoms with Crippen molar-refractivity contribution in [3.8, 4) is 17.1 Å². The Bertz CT molecular complexity index is 1800. The van der Waals surface area contributed by atoms with Crippen molar-refractivity contribution < 1.29 is 23.9 Å². The van der Waals surface area contributed by atoms with Gasteiger partial charge in [-0.3, -0.25) is 14.6 Å². The van der Waals surface area contributed by atoms with Crippen molar-refractivity contribution in [2.75, 3.05) is 19.0 Å². The van der Waals surface area contributed by atoms with Gasteiger partial charge in [0.05, 0.1) is 25.1 Å². The zero-order chi connectivity index (χ0) is 32.3. The Kier molecular flexibility index (Phi) is 8.92. The predicted molar refractivity (Wildman–Crippen MR) is 179 cm³/mol. The molecule has 0 saturated heterocycles. The molecule has 9 heteroatoms. The smallest absolute Gasteiger partial charge is 0.330 e. The molecule has 4 aromatic rings. The van der Waals surface area contributed by atoms with Crippen LogP contribution < -0.4 is 15.4 Å². The molecule has 0 radical (unpaired) electrons. The first kappa shape index (κ1) is 31.1. The molecule has 0 aliphatic heterocycles. The summed E-state index contributed by atoms with van der Waals surface area (Å²) < 4.78 is 12.6. The summed E-state index contributed by atoms with van der Waals surface area (Å²) >= 11 is 0. The molecule has 0 bridgehead atoms. The Morgan fingerprint density at radius 2 is 1.85 bits per heavy atom. The number of carbonyl (C=O) groups is 3. The number of nitrogens with zero attached hydrogens (tertiary/aromatic N) is 2. The number of methoxy groups -OCH3 is 1. The molecule has 0 unspecified atom stereocenters. The Hall–Kier alpha value is -4.92. The van der Waals surface area contributed by atoms with Crippen molar-refractivity contribution in [3.63, 3.8) is 0 Å². The molecule has 2 fully saturated rings. The average Bonchev–Trinajstić information content (AvgIpc) is 3.68. The summed E-state index contributed by atoms with van der Waals surface area (Å²) in [5, 5.41) is 7.22. The lowest BCUT2D eigenvalue weighted by molar-refractivity contribution is -0.134. The third-order valence-electron chi connectivity index (χ3n) is 9.34. The number of ether oxygens (including phenoxy) is 2. The maximum absolute atomic E-state index is 13.7. The predicted octanol–water partition coefficient (Wildman–Crippen LogP) is 6.77. The van der Waals surface area contributed by atoms with Crippen LogP contribution in [-0.4, -0.2) is 46.6 Å². The lowest BCUT2D eigenvalue weighted by Crippen LogP contribution is -2.61. The number of hydrogen-bond donors (Lipinski definition) is 2. The highest BCUT2D eigenvalue weighted by Crippen LogP contribution is 2.44. The van der Waals surface area contributed by atoms with Crippen LogP contribution in [0.15, 0.2) is 66.9 Å². The molecule has 9 nitrogen and oxygen atoms in total. The number of amides is 2. The molecule has 2 heterocycles. The summed E-state index contributed by atoms with van der Waals surface area (Å²) in [6, 6.07) is 17.1. The van der Waals surface area contributed by atoms with E-state index in [0.717, 1.165) is 41.6 Å². The van der Waals surface area contributed by atoms with Crippen molar-refractivity contribution in [1.82, 2.24) is 14.9 Å². The van der Waals surface area contributed by atoms with E-state index in [4.69, 9.17) is 4.74 Å². The molecule has 238 valence electrons. The zero-order valence-corrected chi connectivity index (χ0v) is 26.6. The van der Waals surface area contributed by atoms with Gasteiger partial charge in [-0.2, -0.15) is 0 Å². The highest BCUT2D eigenvalue weighted by atomic mass is 16.5. The van der Waals surface area contributed by atoms with Crippen molar-refractivity contribution >= 4 is 40.4 Å². The van der Waals surface area contributed by atoms with Gasteiger partial charge in [0.15, 0.2) is 0 Å². The second kappa shape index (κ2) is 13.2. The van der Waals surface area contributed by atoms with Crippen LogP contribution in [0.3, 0.4) is 0 Å². The van der Waals surface area contributed by atoms with Gasteiger partial charge in [-0.25, -0.2) is 4.79 Å². The van der Waals surface area contributed by atoms with Gasteiger partial charge in [-0.1, -0.05) is 25.0 Å². The lowest BCUT2D eigenvalue weighted by Gasteiger charge is -2.40. The van der Waals surface area contributed by atoms with E-state index in [2.05, 4.69) is 31.0 Å². The molecule has 0 spiro atoms. The Labute approximate surface area is 269 Å². The van der Waals surface area contributed by atoms with Crippen molar-refractivity contribution in [2.24, 2.45) is 7.05 Å². The minimum atomic E-state index is -1.01. The second-order valence-electron chi connectivity index (χ2n) is 12.1. The Morgan fingerprint density at radius 3 is 2.52 bits per heavy atom. The fourth-order valence-corrected chi connectivity index (χ4v) is 6.78. The Morgan fingerprint density at radius 1 is 1.04 bits per heavy atom. The highest BCUT2D eigenvalue weighted by molar-refractivity contribution is 6.06. The van der Waals surface area contributed by atoms with E-state index in [1.807, 2.05) is 50.5 Å². The van der Waals surface area contributed by atoms with E-state index in [1.165, 1.54) is 31.6 Å². The van der Waals surface area contributed by atoms with Gasteiger partial charge in [0.2, 0.25) is 5.91 Å². The first-order valence-corrected chi connectivity index (χ1v) is 16.0. The summed E-state index contributed by atoms with van der Waals surface area (Å²) in [7, 11) is 3.36. The monoisotopic (exact) mass is 620 g/mol. The first-order chi connectivity index (χ1) is 22.3. The van der Waals surface area contributed by atoms with Gasteiger partial charge in [-0.05, 0) is 93.0 Å².